The Morgan fingerprint density at radius 3 is 2.24 bits per heavy atom. The number of hydrogen-bond donors (Lipinski definition) is 10. The van der Waals surface area contributed by atoms with Crippen LogP contribution < -0.4 is 4.74 Å². The molecule has 3 heterocycles. The van der Waals surface area contributed by atoms with Crippen LogP contribution in [0, 0.1) is 0 Å². The van der Waals surface area contributed by atoms with Gasteiger partial charge in [-0.2, -0.15) is 0 Å². The maximum Gasteiger partial charge on any atom is 0.228 e. The molecule has 3 aliphatic rings. The van der Waals surface area contributed by atoms with E-state index in [-0.39, 0.29) is 40.7 Å². The summed E-state index contributed by atoms with van der Waals surface area (Å²) in [6.07, 6.45) is -14.2. The van der Waals surface area contributed by atoms with Crippen molar-refractivity contribution in [2.45, 2.75) is 61.4 Å². The van der Waals surface area contributed by atoms with Crippen LogP contribution in [0.2, 0.25) is 0 Å². The minimum Gasteiger partial charge on any atom is -0.508 e. The van der Waals surface area contributed by atoms with Gasteiger partial charge in [0.2, 0.25) is 6.29 Å². The molecular weight excluding hydrogens is 552 g/mol. The van der Waals surface area contributed by atoms with Gasteiger partial charge in [-0.15, -0.1) is 0 Å². The molecule has 15 heteroatoms. The van der Waals surface area contributed by atoms with Crippen LogP contribution in [0.25, 0.3) is 6.08 Å². The van der Waals surface area contributed by atoms with E-state index in [1.54, 1.807) is 0 Å². The summed E-state index contributed by atoms with van der Waals surface area (Å²) in [7, 11) is 0. The first kappa shape index (κ1) is 29.1. The van der Waals surface area contributed by atoms with Crippen LogP contribution in [0.5, 0.6) is 28.7 Å². The number of benzene rings is 2. The highest BCUT2D eigenvalue weighted by molar-refractivity contribution is 5.69. The molecule has 10 atom stereocenters. The minimum absolute atomic E-state index is 0.0394. The predicted octanol–water partition coefficient (Wildman–Crippen LogP) is -1.74. The Hall–Kier alpha value is -3.38. The maximum atomic E-state index is 10.9. The molecule has 2 aromatic rings. The zero-order chi connectivity index (χ0) is 29.6. The molecule has 2 saturated heterocycles. The van der Waals surface area contributed by atoms with Crippen molar-refractivity contribution < 1.29 is 74.7 Å². The number of fused-ring (bicyclic) bond motifs is 1. The normalized spacial score (nSPS) is 35.2. The second-order valence-electron chi connectivity index (χ2n) is 9.84. The molecule has 5 rings (SSSR count). The molecule has 0 amide bonds. The zero-order valence-corrected chi connectivity index (χ0v) is 21.2. The molecule has 1 unspecified atom stereocenters. The van der Waals surface area contributed by atoms with E-state index in [4.69, 9.17) is 23.7 Å². The van der Waals surface area contributed by atoms with Crippen molar-refractivity contribution in [3.05, 3.63) is 47.2 Å². The number of aliphatic hydroxyl groups excluding tert-OH is 6. The first-order valence-electron chi connectivity index (χ1n) is 12.5. The van der Waals surface area contributed by atoms with E-state index in [1.165, 1.54) is 30.3 Å². The quantitative estimate of drug-likeness (QED) is 0.170. The third-order valence-corrected chi connectivity index (χ3v) is 7.02. The van der Waals surface area contributed by atoms with Crippen molar-refractivity contribution >= 4 is 6.08 Å². The predicted molar refractivity (Wildman–Crippen MR) is 132 cm³/mol. The highest BCUT2D eigenvalue weighted by Gasteiger charge is 2.50. The lowest BCUT2D eigenvalue weighted by molar-refractivity contribution is -0.345. The van der Waals surface area contributed by atoms with Crippen molar-refractivity contribution in [3.8, 4) is 28.7 Å². The first-order chi connectivity index (χ1) is 19.5. The third-order valence-electron chi connectivity index (χ3n) is 7.02. The maximum absolute atomic E-state index is 10.9. The van der Waals surface area contributed by atoms with Gasteiger partial charge in [0.15, 0.2) is 23.9 Å². The fourth-order valence-corrected chi connectivity index (χ4v) is 4.78. The van der Waals surface area contributed by atoms with Gasteiger partial charge < -0.3 is 74.7 Å². The lowest BCUT2D eigenvalue weighted by Gasteiger charge is -2.45. The van der Waals surface area contributed by atoms with E-state index in [1.807, 2.05) is 0 Å². The van der Waals surface area contributed by atoms with Crippen molar-refractivity contribution in [1.29, 1.82) is 0 Å². The van der Waals surface area contributed by atoms with E-state index >= 15 is 0 Å². The van der Waals surface area contributed by atoms with Gasteiger partial charge in [-0.05, 0) is 18.2 Å². The molecule has 15 nitrogen and oxygen atoms in total. The van der Waals surface area contributed by atoms with Crippen LogP contribution in [-0.2, 0) is 18.9 Å². The number of aliphatic hydroxyl groups is 6. The van der Waals surface area contributed by atoms with Gasteiger partial charge in [-0.3, -0.25) is 0 Å². The highest BCUT2D eigenvalue weighted by Crippen LogP contribution is 2.45. The summed E-state index contributed by atoms with van der Waals surface area (Å²) in [5.41, 5.74) is 0.335. The van der Waals surface area contributed by atoms with Crippen molar-refractivity contribution in [2.24, 2.45) is 0 Å². The fourth-order valence-electron chi connectivity index (χ4n) is 4.78. The molecule has 0 spiro atoms. The van der Waals surface area contributed by atoms with Crippen molar-refractivity contribution in [3.63, 3.8) is 0 Å². The topological polar surface area (TPSA) is 248 Å². The van der Waals surface area contributed by atoms with Gasteiger partial charge in [0.25, 0.3) is 0 Å². The van der Waals surface area contributed by atoms with E-state index in [0.29, 0.717) is 0 Å². The summed E-state index contributed by atoms with van der Waals surface area (Å²) in [5.74, 6) is -1.63. The molecule has 0 aromatic heterocycles. The van der Waals surface area contributed by atoms with E-state index in [2.05, 4.69) is 0 Å². The van der Waals surface area contributed by atoms with Crippen LogP contribution in [-0.4, -0.2) is 120 Å². The molecular formula is C26H30O15. The highest BCUT2D eigenvalue weighted by atomic mass is 16.7. The van der Waals surface area contributed by atoms with Crippen LogP contribution in [0.3, 0.4) is 0 Å². The summed E-state index contributed by atoms with van der Waals surface area (Å²) in [5, 5.41) is 102. The standard InChI is InChI=1S/C26H30O15/c27-7-18-24(41-25-21(35)19(33)15(32)8-37-25)20(34)22(36)26(40-18)39-17-6-11-13(30)4-10(28)5-16(11)38-23(17)9-1-2-12(29)14(31)3-9/h1-6,15,18-36H,7-8H2/t15-,18-,19+,20-,21-,22-,23?,24-,25+,26-/m1/s1. The largest absolute Gasteiger partial charge is 0.508 e. The fraction of sp³-hybridized carbons (Fsp3) is 0.462. The smallest absolute Gasteiger partial charge is 0.228 e. The average Bonchev–Trinajstić information content (AvgIpc) is 2.94. The number of phenols is 4. The Kier molecular flexibility index (Phi) is 8.15. The van der Waals surface area contributed by atoms with E-state index in [0.717, 1.165) is 6.07 Å². The molecule has 0 radical (unpaired) electrons. The monoisotopic (exact) mass is 582 g/mol. The Morgan fingerprint density at radius 1 is 0.805 bits per heavy atom. The number of rotatable bonds is 6. The Balaban J connectivity index is 1.41. The van der Waals surface area contributed by atoms with E-state index in [9.17, 15) is 51.1 Å². The number of aromatic hydroxyl groups is 4. The van der Waals surface area contributed by atoms with Crippen LogP contribution >= 0.6 is 0 Å². The summed E-state index contributed by atoms with van der Waals surface area (Å²) in [6, 6.07) is 6.06. The van der Waals surface area contributed by atoms with Gasteiger partial charge in [0, 0.05) is 17.7 Å². The SMILES string of the molecule is OC[C@H]1O[C@@H](OC2=Cc3c(O)cc(O)cc3OC2c2ccc(O)c(O)c2)[C@H](O)[C@@H](O)[C@@H]1O[C@@H]1OC[C@@H](O)[C@H](O)[C@H]1O. The van der Waals surface area contributed by atoms with Crippen molar-refractivity contribution in [2.75, 3.05) is 13.2 Å². The molecule has 2 aromatic carbocycles. The molecule has 2 fully saturated rings. The molecule has 10 N–H and O–H groups in total. The molecule has 3 aliphatic heterocycles. The van der Waals surface area contributed by atoms with E-state index < -0.39 is 79.5 Å². The van der Waals surface area contributed by atoms with Crippen LogP contribution in [0.4, 0.5) is 0 Å². The van der Waals surface area contributed by atoms with Gasteiger partial charge in [0.05, 0.1) is 18.8 Å². The van der Waals surface area contributed by atoms with Crippen LogP contribution in [0.1, 0.15) is 17.2 Å². The Morgan fingerprint density at radius 2 is 1.54 bits per heavy atom. The number of hydrogen-bond acceptors (Lipinski definition) is 15. The second kappa shape index (κ2) is 11.5. The zero-order valence-electron chi connectivity index (χ0n) is 21.2. The Labute approximate surface area is 231 Å². The van der Waals surface area contributed by atoms with Crippen molar-refractivity contribution in [1.82, 2.24) is 0 Å². The van der Waals surface area contributed by atoms with Crippen LogP contribution in [0.15, 0.2) is 36.1 Å². The molecule has 0 saturated carbocycles. The van der Waals surface area contributed by atoms with Gasteiger partial charge in [-0.25, -0.2) is 0 Å². The third kappa shape index (κ3) is 5.59. The minimum atomic E-state index is -1.83. The Bertz CT molecular complexity index is 1280. The van der Waals surface area contributed by atoms with Gasteiger partial charge >= 0.3 is 0 Å². The van der Waals surface area contributed by atoms with Gasteiger partial charge in [0.1, 0.15) is 65.7 Å². The first-order valence-corrected chi connectivity index (χ1v) is 12.5. The average molecular weight is 583 g/mol. The molecule has 0 bridgehead atoms. The molecule has 0 aliphatic carbocycles. The second-order valence-corrected chi connectivity index (χ2v) is 9.84. The van der Waals surface area contributed by atoms with Gasteiger partial charge in [-0.1, -0.05) is 6.07 Å². The lowest BCUT2D eigenvalue weighted by Crippen LogP contribution is -2.63. The summed E-state index contributed by atoms with van der Waals surface area (Å²) < 4.78 is 28.2. The lowest BCUT2D eigenvalue weighted by atomic mass is 9.97. The molecule has 224 valence electrons. The molecule has 41 heavy (non-hydrogen) atoms. The summed E-state index contributed by atoms with van der Waals surface area (Å²) in [6.45, 7) is -1.14. The summed E-state index contributed by atoms with van der Waals surface area (Å²) >= 11 is 0. The number of ether oxygens (including phenoxy) is 5. The summed E-state index contributed by atoms with van der Waals surface area (Å²) in [4.78, 5) is 0. The number of phenolic OH excluding ortho intramolecular Hbond substituents is 4.